The number of hydrogen-bond donors (Lipinski definition) is 2. The van der Waals surface area contributed by atoms with Crippen molar-refractivity contribution in [3.63, 3.8) is 0 Å². The van der Waals surface area contributed by atoms with Gasteiger partial charge in [-0.1, -0.05) is 68.9 Å². The third-order valence-corrected chi connectivity index (χ3v) is 7.67. The maximum absolute atomic E-state index is 14.0. The second kappa shape index (κ2) is 11.1. The largest absolute Gasteiger partial charge is 0.494 e. The fourth-order valence-electron chi connectivity index (χ4n) is 5.79. The van der Waals surface area contributed by atoms with E-state index in [1.54, 1.807) is 12.5 Å². The highest BCUT2D eigenvalue weighted by atomic mass is 16.3. The van der Waals surface area contributed by atoms with E-state index in [1.165, 1.54) is 9.13 Å². The Morgan fingerprint density at radius 1 is 0.944 bits per heavy atom. The van der Waals surface area contributed by atoms with Crippen molar-refractivity contribution in [3.05, 3.63) is 80.5 Å². The molecule has 0 unspecified atom stereocenters. The van der Waals surface area contributed by atoms with Crippen LogP contribution < -0.4 is 11.2 Å². The summed E-state index contributed by atoms with van der Waals surface area (Å²) in [5, 5.41) is 11.6. The Balaban J connectivity index is 1.69. The molecule has 2 saturated carbocycles. The van der Waals surface area contributed by atoms with E-state index in [0.29, 0.717) is 18.7 Å². The number of H-pyrrole nitrogens is 1. The van der Waals surface area contributed by atoms with Gasteiger partial charge in [-0.3, -0.25) is 18.9 Å². The minimum atomic E-state index is -0.430. The minimum absolute atomic E-state index is 0.109. The monoisotopic (exact) mass is 489 g/mol. The van der Waals surface area contributed by atoms with E-state index in [-0.39, 0.29) is 29.2 Å². The summed E-state index contributed by atoms with van der Waals surface area (Å²) < 4.78 is 2.95. The Labute approximate surface area is 210 Å². The predicted molar refractivity (Wildman–Crippen MR) is 140 cm³/mol. The molecule has 0 atom stereocenters. The smallest absolute Gasteiger partial charge is 0.334 e. The molecule has 5 rings (SSSR count). The van der Waals surface area contributed by atoms with Gasteiger partial charge in [-0.05, 0) is 25.7 Å². The van der Waals surface area contributed by atoms with Crippen LogP contribution >= 0.6 is 0 Å². The average molecular weight is 490 g/mol. The summed E-state index contributed by atoms with van der Waals surface area (Å²) in [7, 11) is 0. The fraction of sp³-hybridized carbons (Fsp3) is 0.500. The van der Waals surface area contributed by atoms with Crippen LogP contribution in [0.15, 0.2) is 57.4 Å². The van der Waals surface area contributed by atoms with Gasteiger partial charge in [-0.15, -0.1) is 0 Å². The van der Waals surface area contributed by atoms with Gasteiger partial charge in [0, 0.05) is 42.5 Å². The zero-order valence-corrected chi connectivity index (χ0v) is 20.7. The van der Waals surface area contributed by atoms with Gasteiger partial charge in [0.25, 0.3) is 5.56 Å². The van der Waals surface area contributed by atoms with Crippen LogP contribution in [-0.4, -0.2) is 36.5 Å². The molecule has 0 radical (unpaired) electrons. The van der Waals surface area contributed by atoms with Crippen molar-refractivity contribution < 1.29 is 5.11 Å². The lowest BCUT2D eigenvalue weighted by atomic mass is 9.93. The van der Waals surface area contributed by atoms with Gasteiger partial charge < -0.3 is 10.1 Å². The lowest BCUT2D eigenvalue weighted by molar-refractivity contribution is 0.271. The number of nitrogens with zero attached hydrogens (tertiary/aromatic N) is 4. The molecule has 3 aromatic rings. The molecule has 36 heavy (non-hydrogen) atoms. The van der Waals surface area contributed by atoms with E-state index in [0.717, 1.165) is 75.5 Å². The van der Waals surface area contributed by atoms with Crippen molar-refractivity contribution in [1.82, 2.24) is 19.1 Å². The summed E-state index contributed by atoms with van der Waals surface area (Å²) >= 11 is 0. The van der Waals surface area contributed by atoms with Gasteiger partial charge >= 0.3 is 5.69 Å². The lowest BCUT2D eigenvalue weighted by Crippen LogP contribution is -2.46. The summed E-state index contributed by atoms with van der Waals surface area (Å²) in [6.07, 6.45) is 13.6. The molecule has 1 aromatic carbocycles. The molecule has 8 nitrogen and oxygen atoms in total. The first kappa shape index (κ1) is 24.3. The molecule has 0 saturated heterocycles. The van der Waals surface area contributed by atoms with Crippen molar-refractivity contribution in [2.24, 2.45) is 4.99 Å². The Morgan fingerprint density at radius 3 is 2.19 bits per heavy atom. The third-order valence-electron chi connectivity index (χ3n) is 7.67. The molecule has 2 aliphatic rings. The van der Waals surface area contributed by atoms with Gasteiger partial charge in [0.2, 0.25) is 5.88 Å². The Morgan fingerprint density at radius 2 is 1.58 bits per heavy atom. The molecule has 2 aromatic heterocycles. The second-order valence-electron chi connectivity index (χ2n) is 10.0. The fourth-order valence-corrected chi connectivity index (χ4v) is 5.79. The van der Waals surface area contributed by atoms with Crippen LogP contribution in [0, 0.1) is 0 Å². The van der Waals surface area contributed by atoms with Crippen LogP contribution in [0.3, 0.4) is 0 Å². The first-order chi connectivity index (χ1) is 17.6. The topological polar surface area (TPSA) is 105 Å². The van der Waals surface area contributed by atoms with E-state index in [2.05, 4.69) is 9.97 Å². The average Bonchev–Trinajstić information content (AvgIpc) is 3.43. The number of benzene rings is 1. The van der Waals surface area contributed by atoms with Crippen LogP contribution in [-0.2, 0) is 6.42 Å². The summed E-state index contributed by atoms with van der Waals surface area (Å²) in [5.41, 5.74) is 1.47. The molecule has 0 bridgehead atoms. The number of nitrogens with one attached hydrogen (secondary N) is 1. The maximum atomic E-state index is 14.0. The third kappa shape index (κ3) is 4.94. The maximum Gasteiger partial charge on any atom is 0.334 e. The van der Waals surface area contributed by atoms with Crippen molar-refractivity contribution in [2.75, 3.05) is 6.54 Å². The van der Waals surface area contributed by atoms with Gasteiger partial charge in [0.1, 0.15) is 5.56 Å². The number of imidazole rings is 1. The molecule has 2 heterocycles. The van der Waals surface area contributed by atoms with Crippen LogP contribution in [0.2, 0.25) is 0 Å². The summed E-state index contributed by atoms with van der Waals surface area (Å²) in [5.74, 6) is -0.242. The molecule has 2 N–H and O–H groups in total. The standard InChI is InChI=1S/C28H35N5O3/c34-26-24(25(20-10-4-1-5-11-20)30-17-16-21-18-29-19-31-21)27(35)33(23-14-8-3-9-15-23)28(36)32(26)22-12-6-2-7-13-22/h1,4-5,10-11,18-19,22-23,34H,2-3,6-9,12-17H2,(H,29,31). The van der Waals surface area contributed by atoms with E-state index in [4.69, 9.17) is 4.99 Å². The number of hydrogen-bond acceptors (Lipinski definition) is 5. The first-order valence-electron chi connectivity index (χ1n) is 13.3. The molecule has 0 amide bonds. The highest BCUT2D eigenvalue weighted by molar-refractivity contribution is 6.14. The SMILES string of the molecule is O=c1c(C(=NCCc2cnc[nH]2)c2ccccc2)c(O)n(C2CCCCC2)c(=O)n1C1CCCCC1. The van der Waals surface area contributed by atoms with E-state index in [1.807, 2.05) is 30.3 Å². The molecule has 2 fully saturated rings. The summed E-state index contributed by atoms with van der Waals surface area (Å²) in [6, 6.07) is 9.25. The Kier molecular flexibility index (Phi) is 7.49. The molecule has 2 aliphatic carbocycles. The van der Waals surface area contributed by atoms with Crippen LogP contribution in [0.25, 0.3) is 0 Å². The number of aromatic hydroxyl groups is 1. The van der Waals surface area contributed by atoms with Crippen molar-refractivity contribution in [1.29, 1.82) is 0 Å². The molecular formula is C28H35N5O3. The van der Waals surface area contributed by atoms with E-state index >= 15 is 0 Å². The number of aromatic amines is 1. The number of aliphatic imine (C=N–C) groups is 1. The first-order valence-corrected chi connectivity index (χ1v) is 13.3. The van der Waals surface area contributed by atoms with E-state index in [9.17, 15) is 14.7 Å². The summed E-state index contributed by atoms with van der Waals surface area (Å²) in [6.45, 7) is 0.414. The van der Waals surface area contributed by atoms with Gasteiger partial charge in [-0.2, -0.15) is 0 Å². The summed E-state index contributed by atoms with van der Waals surface area (Å²) in [4.78, 5) is 39.8. The van der Waals surface area contributed by atoms with Crippen LogP contribution in [0.1, 0.15) is 93.1 Å². The van der Waals surface area contributed by atoms with E-state index < -0.39 is 5.56 Å². The normalized spacial score (nSPS) is 17.9. The molecule has 8 heteroatoms. The second-order valence-corrected chi connectivity index (χ2v) is 10.0. The van der Waals surface area contributed by atoms with Crippen LogP contribution in [0.5, 0.6) is 5.88 Å². The molecule has 0 aliphatic heterocycles. The van der Waals surface area contributed by atoms with Gasteiger partial charge in [-0.25, -0.2) is 9.78 Å². The van der Waals surface area contributed by atoms with Crippen molar-refractivity contribution in [2.45, 2.75) is 82.7 Å². The Hall–Kier alpha value is -3.42. The molecule has 0 spiro atoms. The number of rotatable bonds is 7. The van der Waals surface area contributed by atoms with Gasteiger partial charge in [0.05, 0.1) is 12.0 Å². The predicted octanol–water partition coefficient (Wildman–Crippen LogP) is 4.53. The van der Waals surface area contributed by atoms with Crippen molar-refractivity contribution >= 4 is 5.71 Å². The quantitative estimate of drug-likeness (QED) is 0.476. The lowest BCUT2D eigenvalue weighted by Gasteiger charge is -2.29. The zero-order valence-electron chi connectivity index (χ0n) is 20.7. The highest BCUT2D eigenvalue weighted by Crippen LogP contribution is 2.32. The minimum Gasteiger partial charge on any atom is -0.494 e. The molecular weight excluding hydrogens is 454 g/mol. The van der Waals surface area contributed by atoms with Crippen LogP contribution in [0.4, 0.5) is 0 Å². The number of aromatic nitrogens is 4. The van der Waals surface area contributed by atoms with Gasteiger partial charge in [0.15, 0.2) is 0 Å². The molecule has 190 valence electrons. The van der Waals surface area contributed by atoms with Crippen molar-refractivity contribution in [3.8, 4) is 5.88 Å². The zero-order chi connectivity index (χ0) is 24.9. The Bertz CT molecular complexity index is 1300. The highest BCUT2D eigenvalue weighted by Gasteiger charge is 2.31.